The van der Waals surface area contributed by atoms with Gasteiger partial charge in [-0.25, -0.2) is 18.7 Å². The van der Waals surface area contributed by atoms with Gasteiger partial charge in [-0.05, 0) is 42.8 Å². The van der Waals surface area contributed by atoms with E-state index < -0.39 is 5.97 Å². The van der Waals surface area contributed by atoms with E-state index in [0.717, 1.165) is 5.56 Å². The van der Waals surface area contributed by atoms with Gasteiger partial charge < -0.3 is 9.64 Å². The second kappa shape index (κ2) is 7.03. The van der Waals surface area contributed by atoms with Crippen molar-refractivity contribution in [2.24, 2.45) is 0 Å². The van der Waals surface area contributed by atoms with Crippen LogP contribution in [0.15, 0.2) is 67.0 Å². The van der Waals surface area contributed by atoms with E-state index in [1.54, 1.807) is 19.1 Å². The number of benzene rings is 1. The molecule has 1 aliphatic heterocycles. The monoisotopic (exact) mass is 364 g/mol. The van der Waals surface area contributed by atoms with Gasteiger partial charge in [0.2, 0.25) is 0 Å². The third-order valence-corrected chi connectivity index (χ3v) is 4.24. The minimum atomic E-state index is -0.481. The van der Waals surface area contributed by atoms with Gasteiger partial charge in [0.25, 0.3) is 0 Å². The maximum absolute atomic E-state index is 13.7. The number of aromatic nitrogens is 3. The summed E-state index contributed by atoms with van der Waals surface area (Å²) in [4.78, 5) is 18.2. The van der Waals surface area contributed by atoms with Gasteiger partial charge in [-0.15, -0.1) is 5.10 Å². The lowest BCUT2D eigenvalue weighted by molar-refractivity contribution is 0.0517. The molecular formula is C20H17FN4O2. The predicted molar refractivity (Wildman–Crippen MR) is 98.8 cm³/mol. The molecule has 0 bridgehead atoms. The Morgan fingerprint density at radius 2 is 2.15 bits per heavy atom. The van der Waals surface area contributed by atoms with Crippen LogP contribution in [0.4, 0.5) is 10.2 Å². The molecule has 27 heavy (non-hydrogen) atoms. The van der Waals surface area contributed by atoms with Crippen LogP contribution in [-0.2, 0) is 4.74 Å². The highest BCUT2D eigenvalue weighted by Gasteiger charge is 2.22. The van der Waals surface area contributed by atoms with Crippen LogP contribution in [0.1, 0.15) is 29.0 Å². The molecule has 0 radical (unpaired) electrons. The fraction of sp³-hybridized carbons (Fsp3) is 0.150. The number of rotatable bonds is 4. The zero-order chi connectivity index (χ0) is 18.8. The first-order chi connectivity index (χ1) is 13.2. The SMILES string of the molecule is CCOC(=O)c1cnc2ccc(N3C=CC=CC3c3cccc(F)c3)nn12. The van der Waals surface area contributed by atoms with Crippen molar-refractivity contribution in [2.75, 3.05) is 11.5 Å². The normalized spacial score (nSPS) is 16.1. The third-order valence-electron chi connectivity index (χ3n) is 4.24. The summed E-state index contributed by atoms with van der Waals surface area (Å²) in [6.07, 6.45) is 9.05. The Kier molecular flexibility index (Phi) is 4.42. The average molecular weight is 364 g/mol. The molecule has 6 nitrogen and oxygen atoms in total. The van der Waals surface area contributed by atoms with Gasteiger partial charge in [0.15, 0.2) is 17.2 Å². The van der Waals surface area contributed by atoms with Crippen LogP contribution in [0.3, 0.4) is 0 Å². The molecule has 0 N–H and O–H groups in total. The Morgan fingerprint density at radius 3 is 2.96 bits per heavy atom. The Morgan fingerprint density at radius 1 is 1.26 bits per heavy atom. The Bertz CT molecular complexity index is 1060. The molecule has 0 amide bonds. The molecule has 4 rings (SSSR count). The number of ether oxygens (including phenoxy) is 1. The largest absolute Gasteiger partial charge is 0.461 e. The molecule has 1 unspecified atom stereocenters. The first-order valence-corrected chi connectivity index (χ1v) is 8.58. The molecule has 3 aromatic rings. The first kappa shape index (κ1) is 17.0. The van der Waals surface area contributed by atoms with Gasteiger partial charge in [-0.2, -0.15) is 0 Å². The summed E-state index contributed by atoms with van der Waals surface area (Å²) in [5.41, 5.74) is 1.60. The molecule has 3 heterocycles. The van der Waals surface area contributed by atoms with Crippen molar-refractivity contribution in [3.63, 3.8) is 0 Å². The maximum Gasteiger partial charge on any atom is 0.358 e. The van der Waals surface area contributed by atoms with Crippen LogP contribution in [-0.4, -0.2) is 27.2 Å². The highest BCUT2D eigenvalue weighted by Crippen LogP contribution is 2.30. The van der Waals surface area contributed by atoms with Gasteiger partial charge in [0.05, 0.1) is 18.8 Å². The van der Waals surface area contributed by atoms with Crippen LogP contribution in [0.5, 0.6) is 0 Å². The van der Waals surface area contributed by atoms with Crippen LogP contribution >= 0.6 is 0 Å². The predicted octanol–water partition coefficient (Wildman–Crippen LogP) is 3.68. The van der Waals surface area contributed by atoms with Crippen molar-refractivity contribution in [1.29, 1.82) is 0 Å². The molecule has 0 aliphatic carbocycles. The number of hydrogen-bond donors (Lipinski definition) is 0. The molecule has 1 aromatic carbocycles. The van der Waals surface area contributed by atoms with Crippen molar-refractivity contribution in [2.45, 2.75) is 13.0 Å². The van der Waals surface area contributed by atoms with Gasteiger partial charge in [-0.1, -0.05) is 24.3 Å². The minimum absolute atomic E-state index is 0.217. The van der Waals surface area contributed by atoms with E-state index in [1.165, 1.54) is 22.8 Å². The molecule has 2 aromatic heterocycles. The maximum atomic E-state index is 13.7. The number of hydrogen-bond acceptors (Lipinski definition) is 5. The molecule has 0 fully saturated rings. The van der Waals surface area contributed by atoms with E-state index in [0.29, 0.717) is 11.5 Å². The number of allylic oxidation sites excluding steroid dienone is 2. The van der Waals surface area contributed by atoms with Crippen molar-refractivity contribution in [1.82, 2.24) is 14.6 Å². The van der Waals surface area contributed by atoms with E-state index in [2.05, 4.69) is 10.1 Å². The van der Waals surface area contributed by atoms with Crippen LogP contribution in [0.2, 0.25) is 0 Å². The number of carbonyl (C=O) groups is 1. The summed E-state index contributed by atoms with van der Waals surface area (Å²) in [5, 5.41) is 4.56. The average Bonchev–Trinajstić information content (AvgIpc) is 3.11. The summed E-state index contributed by atoms with van der Waals surface area (Å²) in [6, 6.07) is 9.83. The lowest BCUT2D eigenvalue weighted by Gasteiger charge is -2.29. The van der Waals surface area contributed by atoms with Crippen LogP contribution < -0.4 is 4.90 Å². The molecule has 0 spiro atoms. The zero-order valence-corrected chi connectivity index (χ0v) is 14.6. The second-order valence-corrected chi connectivity index (χ2v) is 5.96. The van der Waals surface area contributed by atoms with Crippen molar-refractivity contribution < 1.29 is 13.9 Å². The van der Waals surface area contributed by atoms with Crippen molar-refractivity contribution in [3.8, 4) is 0 Å². The first-order valence-electron chi connectivity index (χ1n) is 8.58. The van der Waals surface area contributed by atoms with Gasteiger partial charge in [0, 0.05) is 6.20 Å². The Labute approximate surface area is 155 Å². The topological polar surface area (TPSA) is 59.7 Å². The van der Waals surface area contributed by atoms with E-state index in [4.69, 9.17) is 4.74 Å². The van der Waals surface area contributed by atoms with Crippen LogP contribution in [0.25, 0.3) is 5.65 Å². The third kappa shape index (κ3) is 3.19. The fourth-order valence-electron chi connectivity index (χ4n) is 3.02. The quantitative estimate of drug-likeness (QED) is 0.661. The molecule has 7 heteroatoms. The summed E-state index contributed by atoms with van der Waals surface area (Å²) in [5.74, 6) is -0.177. The van der Waals surface area contributed by atoms with Gasteiger partial charge >= 0.3 is 5.97 Å². The minimum Gasteiger partial charge on any atom is -0.461 e. The number of fused-ring (bicyclic) bond motifs is 1. The summed E-state index contributed by atoms with van der Waals surface area (Å²) in [6.45, 7) is 2.02. The number of imidazole rings is 1. The number of nitrogens with zero attached hydrogens (tertiary/aromatic N) is 4. The fourth-order valence-corrected chi connectivity index (χ4v) is 3.02. The molecule has 0 saturated heterocycles. The zero-order valence-electron chi connectivity index (χ0n) is 14.6. The molecular weight excluding hydrogens is 347 g/mol. The molecule has 136 valence electrons. The number of anilines is 1. The lowest BCUT2D eigenvalue weighted by atomic mass is 10.0. The van der Waals surface area contributed by atoms with E-state index >= 15 is 0 Å². The number of carbonyl (C=O) groups excluding carboxylic acids is 1. The van der Waals surface area contributed by atoms with E-state index in [9.17, 15) is 9.18 Å². The summed E-state index contributed by atoms with van der Waals surface area (Å²) < 4.78 is 20.2. The Hall–Kier alpha value is -3.48. The molecule has 1 atom stereocenters. The summed E-state index contributed by atoms with van der Waals surface area (Å²) >= 11 is 0. The van der Waals surface area contributed by atoms with E-state index in [1.807, 2.05) is 41.5 Å². The highest BCUT2D eigenvalue weighted by atomic mass is 19.1. The number of esters is 1. The van der Waals surface area contributed by atoms with Crippen LogP contribution in [0, 0.1) is 5.82 Å². The lowest BCUT2D eigenvalue weighted by Crippen LogP contribution is -2.25. The highest BCUT2D eigenvalue weighted by molar-refractivity contribution is 5.88. The van der Waals surface area contributed by atoms with Crippen molar-refractivity contribution in [3.05, 3.63) is 84.1 Å². The summed E-state index contributed by atoms with van der Waals surface area (Å²) in [7, 11) is 0. The molecule has 1 aliphatic rings. The second-order valence-electron chi connectivity index (χ2n) is 5.96. The van der Waals surface area contributed by atoms with E-state index in [-0.39, 0.29) is 24.2 Å². The smallest absolute Gasteiger partial charge is 0.358 e. The standard InChI is InChI=1S/C20H17FN4O2/c1-2-27-20(26)17-13-22-18-9-10-19(23-25(17)18)24-11-4-3-8-16(24)14-6-5-7-15(21)12-14/h3-13,16H,2H2,1H3. The van der Waals surface area contributed by atoms with Gasteiger partial charge in [-0.3, -0.25) is 0 Å². The van der Waals surface area contributed by atoms with Gasteiger partial charge in [0.1, 0.15) is 5.82 Å². The van der Waals surface area contributed by atoms with Crippen molar-refractivity contribution >= 4 is 17.4 Å². The Balaban J connectivity index is 1.75. The molecule has 0 saturated carbocycles. The number of halogens is 1.